The molecular weight excluding hydrogens is 486 g/mol. The number of nitrogens with one attached hydrogen (secondary N) is 2. The van der Waals surface area contributed by atoms with Crippen LogP contribution in [0, 0.1) is 0 Å². The highest BCUT2D eigenvalue weighted by Crippen LogP contribution is 2.20. The lowest BCUT2D eigenvalue weighted by atomic mass is 10.0. The van der Waals surface area contributed by atoms with Crippen molar-refractivity contribution >= 4 is 45.7 Å². The SMILES string of the molecule is Cn1c(N)c(C(=O)COC(=O)C(Cc2c[nH]c3ccccc23)NC(=O)c2cccs2)c(=O)n(C)c1=O. The fourth-order valence-corrected chi connectivity index (χ4v) is 4.41. The minimum Gasteiger partial charge on any atom is -0.456 e. The molecule has 11 nitrogen and oxygen atoms in total. The van der Waals surface area contributed by atoms with Gasteiger partial charge < -0.3 is 20.8 Å². The Bertz CT molecular complexity index is 1580. The number of nitrogen functional groups attached to an aromatic ring is 1. The van der Waals surface area contributed by atoms with Crippen molar-refractivity contribution in [3.8, 4) is 0 Å². The Hall–Kier alpha value is -4.45. The van der Waals surface area contributed by atoms with Gasteiger partial charge in [-0.1, -0.05) is 24.3 Å². The second kappa shape index (κ2) is 10.0. The van der Waals surface area contributed by atoms with Crippen molar-refractivity contribution in [1.29, 1.82) is 0 Å². The van der Waals surface area contributed by atoms with Crippen molar-refractivity contribution in [3.63, 3.8) is 0 Å². The summed E-state index contributed by atoms with van der Waals surface area (Å²) in [6, 6.07) is 9.70. The number of carbonyl (C=O) groups excluding carboxylic acids is 3. The van der Waals surface area contributed by atoms with Crippen molar-refractivity contribution in [3.05, 3.63) is 84.8 Å². The van der Waals surface area contributed by atoms with Gasteiger partial charge in [0, 0.05) is 37.6 Å². The van der Waals surface area contributed by atoms with Crippen molar-refractivity contribution in [2.24, 2.45) is 14.1 Å². The third kappa shape index (κ3) is 4.70. The Balaban J connectivity index is 1.56. The summed E-state index contributed by atoms with van der Waals surface area (Å²) in [7, 11) is 2.53. The quantitative estimate of drug-likeness (QED) is 0.236. The molecule has 1 aromatic carbocycles. The molecule has 4 aromatic rings. The maximum atomic E-state index is 13.0. The number of nitrogens with zero attached hydrogens (tertiary/aromatic N) is 2. The van der Waals surface area contributed by atoms with E-state index in [1.807, 2.05) is 24.3 Å². The van der Waals surface area contributed by atoms with Crippen LogP contribution in [-0.2, 0) is 30.0 Å². The van der Waals surface area contributed by atoms with Crippen LogP contribution in [0.2, 0.25) is 0 Å². The molecule has 0 spiro atoms. The van der Waals surface area contributed by atoms with Crippen LogP contribution in [0.1, 0.15) is 25.6 Å². The number of aromatic amines is 1. The van der Waals surface area contributed by atoms with Crippen LogP contribution in [-0.4, -0.2) is 44.4 Å². The number of nitrogens with two attached hydrogens (primary N) is 1. The molecule has 0 aliphatic heterocycles. The molecule has 1 atom stereocenters. The highest BCUT2D eigenvalue weighted by Gasteiger charge is 2.27. The van der Waals surface area contributed by atoms with Gasteiger partial charge in [0.25, 0.3) is 11.5 Å². The number of amides is 1. The zero-order valence-corrected chi connectivity index (χ0v) is 20.3. The number of aromatic nitrogens is 3. The molecule has 3 heterocycles. The van der Waals surface area contributed by atoms with E-state index in [1.54, 1.807) is 23.7 Å². The molecule has 36 heavy (non-hydrogen) atoms. The Kier molecular flexibility index (Phi) is 6.88. The average Bonchev–Trinajstić information content (AvgIpc) is 3.55. The summed E-state index contributed by atoms with van der Waals surface area (Å²) in [4.78, 5) is 66.4. The van der Waals surface area contributed by atoms with E-state index in [0.29, 0.717) is 4.88 Å². The van der Waals surface area contributed by atoms with Crippen LogP contribution < -0.4 is 22.3 Å². The molecule has 0 fully saturated rings. The predicted molar refractivity (Wildman–Crippen MR) is 134 cm³/mol. The van der Waals surface area contributed by atoms with Gasteiger partial charge in [0.05, 0.1) is 4.88 Å². The molecule has 1 unspecified atom stereocenters. The first-order valence-electron chi connectivity index (χ1n) is 10.8. The number of para-hydroxylation sites is 1. The van der Waals surface area contributed by atoms with Crippen LogP contribution in [0.15, 0.2) is 57.6 Å². The second-order valence-corrected chi connectivity index (χ2v) is 9.01. The standard InChI is InChI=1S/C24H23N5O6S/c1-28-20(25)19(22(32)29(2)24(28)34)17(30)12-35-23(33)16(27-21(31)18-8-5-9-36-18)10-13-11-26-15-7-4-3-6-14(13)15/h3-9,11,16,26H,10,12,25H2,1-2H3,(H,27,31). The smallest absolute Gasteiger partial charge is 0.332 e. The number of ketones is 1. The minimum atomic E-state index is -1.12. The average molecular weight is 510 g/mol. The molecule has 0 aliphatic carbocycles. The lowest BCUT2D eigenvalue weighted by Gasteiger charge is -2.17. The third-order valence-electron chi connectivity index (χ3n) is 5.77. The number of anilines is 1. The van der Waals surface area contributed by atoms with Crippen LogP contribution >= 0.6 is 11.3 Å². The summed E-state index contributed by atoms with van der Waals surface area (Å²) in [5, 5.41) is 5.28. The molecule has 0 radical (unpaired) electrons. The molecule has 12 heteroatoms. The van der Waals surface area contributed by atoms with Crippen molar-refractivity contribution in [1.82, 2.24) is 19.4 Å². The Morgan fingerprint density at radius 1 is 1.11 bits per heavy atom. The van der Waals surface area contributed by atoms with Crippen LogP contribution in [0.3, 0.4) is 0 Å². The molecule has 3 aromatic heterocycles. The lowest BCUT2D eigenvalue weighted by molar-refractivity contribution is -0.144. The molecule has 0 aliphatic rings. The van der Waals surface area contributed by atoms with Gasteiger partial charge in [-0.25, -0.2) is 9.59 Å². The highest BCUT2D eigenvalue weighted by atomic mass is 32.1. The molecule has 0 bridgehead atoms. The first kappa shape index (κ1) is 24.7. The van der Waals surface area contributed by atoms with Crippen molar-refractivity contribution in [2.75, 3.05) is 12.3 Å². The molecule has 0 saturated heterocycles. The topological polar surface area (TPSA) is 158 Å². The maximum Gasteiger partial charge on any atom is 0.332 e. The normalized spacial score (nSPS) is 11.8. The van der Waals surface area contributed by atoms with Crippen LogP contribution in [0.5, 0.6) is 0 Å². The number of ether oxygens (including phenoxy) is 1. The number of benzene rings is 1. The van der Waals surface area contributed by atoms with Gasteiger partial charge in [-0.2, -0.15) is 0 Å². The maximum absolute atomic E-state index is 13.0. The van der Waals surface area contributed by atoms with Gasteiger partial charge in [-0.15, -0.1) is 11.3 Å². The largest absolute Gasteiger partial charge is 0.456 e. The monoisotopic (exact) mass is 509 g/mol. The zero-order valence-electron chi connectivity index (χ0n) is 19.4. The van der Waals surface area contributed by atoms with Crippen molar-refractivity contribution < 1.29 is 19.1 Å². The van der Waals surface area contributed by atoms with E-state index in [4.69, 9.17) is 10.5 Å². The van der Waals surface area contributed by atoms with Gasteiger partial charge in [-0.3, -0.25) is 23.5 Å². The number of esters is 1. The number of carbonyl (C=O) groups is 3. The van der Waals surface area contributed by atoms with E-state index in [9.17, 15) is 24.0 Å². The third-order valence-corrected chi connectivity index (χ3v) is 6.64. The van der Waals surface area contributed by atoms with E-state index in [0.717, 1.165) is 25.6 Å². The fourth-order valence-electron chi connectivity index (χ4n) is 3.78. The van der Waals surface area contributed by atoms with Crippen LogP contribution in [0.4, 0.5) is 5.82 Å². The van der Waals surface area contributed by atoms with E-state index in [-0.39, 0.29) is 12.2 Å². The fraction of sp³-hybridized carbons (Fsp3) is 0.208. The molecule has 1 amide bonds. The Morgan fingerprint density at radius 3 is 2.58 bits per heavy atom. The van der Waals surface area contributed by atoms with Gasteiger partial charge in [-0.05, 0) is 23.1 Å². The highest BCUT2D eigenvalue weighted by molar-refractivity contribution is 7.12. The van der Waals surface area contributed by atoms with Gasteiger partial charge in [0.15, 0.2) is 6.61 Å². The van der Waals surface area contributed by atoms with Crippen LogP contribution in [0.25, 0.3) is 10.9 Å². The molecule has 4 N–H and O–H groups in total. The zero-order chi connectivity index (χ0) is 26.0. The van der Waals surface area contributed by atoms with Crippen molar-refractivity contribution in [2.45, 2.75) is 12.5 Å². The van der Waals surface area contributed by atoms with E-state index >= 15 is 0 Å². The minimum absolute atomic E-state index is 0.0951. The second-order valence-electron chi connectivity index (χ2n) is 8.06. The summed E-state index contributed by atoms with van der Waals surface area (Å²) in [6.07, 6.45) is 1.83. The number of hydrogen-bond donors (Lipinski definition) is 3. The number of hydrogen-bond acceptors (Lipinski definition) is 8. The summed E-state index contributed by atoms with van der Waals surface area (Å²) >= 11 is 1.21. The number of thiophene rings is 1. The summed E-state index contributed by atoms with van der Waals surface area (Å²) in [6.45, 7) is -0.796. The lowest BCUT2D eigenvalue weighted by Crippen LogP contribution is -2.44. The first-order valence-corrected chi connectivity index (χ1v) is 11.7. The Morgan fingerprint density at radius 2 is 1.86 bits per heavy atom. The summed E-state index contributed by atoms with van der Waals surface area (Å²) < 4.78 is 6.92. The number of Topliss-reactive ketones (excluding diaryl/α,β-unsaturated/α-hetero) is 1. The number of H-pyrrole nitrogens is 1. The van der Waals surface area contributed by atoms with E-state index in [1.165, 1.54) is 25.4 Å². The molecule has 186 valence electrons. The summed E-state index contributed by atoms with van der Waals surface area (Å²) in [5.74, 6) is -2.52. The van der Waals surface area contributed by atoms with E-state index in [2.05, 4.69) is 10.3 Å². The molecular formula is C24H23N5O6S. The van der Waals surface area contributed by atoms with Gasteiger partial charge in [0.2, 0.25) is 5.78 Å². The number of rotatable bonds is 8. The Labute approximate surface area is 208 Å². The number of fused-ring (bicyclic) bond motifs is 1. The first-order chi connectivity index (χ1) is 17.2. The summed E-state index contributed by atoms with van der Waals surface area (Å²) in [5.41, 5.74) is 5.40. The molecule has 0 saturated carbocycles. The van der Waals surface area contributed by atoms with Gasteiger partial charge >= 0.3 is 11.7 Å². The van der Waals surface area contributed by atoms with Gasteiger partial charge in [0.1, 0.15) is 17.4 Å². The molecule has 4 rings (SSSR count). The van der Waals surface area contributed by atoms with E-state index < -0.39 is 47.1 Å². The predicted octanol–water partition coefficient (Wildman–Crippen LogP) is 0.976.